The maximum absolute atomic E-state index is 13.0. The Morgan fingerprint density at radius 3 is 2.48 bits per heavy atom. The molecule has 0 atom stereocenters. The molecule has 158 valence electrons. The molecular weight excluding hydrogens is 402 g/mol. The molecule has 0 radical (unpaired) electrons. The summed E-state index contributed by atoms with van der Waals surface area (Å²) in [4.78, 5) is 31.9. The summed E-state index contributed by atoms with van der Waals surface area (Å²) in [6.45, 7) is 1.69. The van der Waals surface area contributed by atoms with E-state index in [4.69, 9.17) is 13.9 Å². The Bertz CT molecular complexity index is 1270. The predicted octanol–water partition coefficient (Wildman–Crippen LogP) is 2.79. The van der Waals surface area contributed by atoms with E-state index in [0.29, 0.717) is 34.2 Å². The number of carbonyl (C=O) groups is 1. The lowest BCUT2D eigenvalue weighted by atomic mass is 10.2. The zero-order valence-electron chi connectivity index (χ0n) is 17.0. The lowest BCUT2D eigenvalue weighted by molar-refractivity contribution is 0.102. The van der Waals surface area contributed by atoms with Gasteiger partial charge in [-0.3, -0.25) is 14.6 Å². The quantitative estimate of drug-likeness (QED) is 0.490. The topological polar surface area (TPSA) is 124 Å². The number of ether oxygens (including phenoxy) is 2. The second kappa shape index (κ2) is 8.19. The molecule has 0 spiro atoms. The van der Waals surface area contributed by atoms with Crippen molar-refractivity contribution in [3.05, 3.63) is 70.3 Å². The van der Waals surface area contributed by atoms with Gasteiger partial charge in [-0.25, -0.2) is 4.98 Å². The van der Waals surface area contributed by atoms with E-state index in [1.54, 1.807) is 43.3 Å². The number of aryl methyl sites for hydroxylation is 1. The highest BCUT2D eigenvalue weighted by molar-refractivity contribution is 6.04. The van der Waals surface area contributed by atoms with Crippen molar-refractivity contribution < 1.29 is 18.7 Å². The van der Waals surface area contributed by atoms with Crippen LogP contribution < -0.4 is 20.3 Å². The summed E-state index contributed by atoms with van der Waals surface area (Å²) >= 11 is 0. The normalized spacial score (nSPS) is 10.7. The van der Waals surface area contributed by atoms with Gasteiger partial charge in [-0.15, -0.1) is 0 Å². The molecule has 1 amide bonds. The monoisotopic (exact) mass is 421 g/mol. The van der Waals surface area contributed by atoms with Crippen LogP contribution in [-0.2, 0) is 0 Å². The molecule has 0 unspecified atom stereocenters. The molecule has 0 aliphatic rings. The van der Waals surface area contributed by atoms with Gasteiger partial charge in [-0.1, -0.05) is 0 Å². The van der Waals surface area contributed by atoms with E-state index in [-0.39, 0.29) is 17.3 Å². The second-order valence-electron chi connectivity index (χ2n) is 6.57. The number of nitrogens with one attached hydrogen (secondary N) is 2. The molecule has 0 aliphatic carbocycles. The number of carbonyl (C=O) groups excluding carboxylic acids is 1. The Hall–Kier alpha value is -4.34. The van der Waals surface area contributed by atoms with E-state index in [9.17, 15) is 9.59 Å². The standard InChI is InChI=1S/C21H19N5O5/c1-12-7-19(27)24-21(22-12)26-18(11-16(25-26)17-5-4-6-31-17)23-20(28)13-8-14(29-2)10-15(9-13)30-3/h4-11H,1-3H3,(H,23,28)(H,22,24,27). The molecule has 0 fully saturated rings. The molecule has 4 aromatic rings. The van der Waals surface area contributed by atoms with Crippen molar-refractivity contribution in [2.24, 2.45) is 0 Å². The first-order valence-corrected chi connectivity index (χ1v) is 9.23. The largest absolute Gasteiger partial charge is 0.497 e. The molecule has 1 aromatic carbocycles. The van der Waals surface area contributed by atoms with Crippen molar-refractivity contribution in [2.75, 3.05) is 19.5 Å². The molecule has 0 bridgehead atoms. The highest BCUT2D eigenvalue weighted by Crippen LogP contribution is 2.26. The molecule has 3 aromatic heterocycles. The minimum Gasteiger partial charge on any atom is -0.497 e. The number of nitrogens with zero attached hydrogens (tertiary/aromatic N) is 3. The Balaban J connectivity index is 1.77. The van der Waals surface area contributed by atoms with Crippen LogP contribution in [0.15, 0.2) is 57.9 Å². The Kier molecular flexibility index (Phi) is 5.27. The fourth-order valence-corrected chi connectivity index (χ4v) is 2.97. The van der Waals surface area contributed by atoms with Crippen molar-refractivity contribution >= 4 is 11.7 Å². The van der Waals surface area contributed by atoms with Crippen LogP contribution >= 0.6 is 0 Å². The number of furan rings is 1. The molecule has 3 heterocycles. The zero-order valence-corrected chi connectivity index (χ0v) is 17.0. The number of hydrogen-bond acceptors (Lipinski definition) is 7. The van der Waals surface area contributed by atoms with Crippen LogP contribution in [0, 0.1) is 6.92 Å². The highest BCUT2D eigenvalue weighted by Gasteiger charge is 2.18. The fourth-order valence-electron chi connectivity index (χ4n) is 2.97. The highest BCUT2D eigenvalue weighted by atomic mass is 16.5. The molecular formula is C21H19N5O5. The number of anilines is 1. The molecule has 10 nitrogen and oxygen atoms in total. The predicted molar refractivity (Wildman–Crippen MR) is 112 cm³/mol. The molecule has 31 heavy (non-hydrogen) atoms. The molecule has 0 aliphatic heterocycles. The fraction of sp³-hybridized carbons (Fsp3) is 0.143. The van der Waals surface area contributed by atoms with Crippen LogP contribution in [-0.4, -0.2) is 39.9 Å². The summed E-state index contributed by atoms with van der Waals surface area (Å²) < 4.78 is 17.2. The minimum absolute atomic E-state index is 0.154. The number of aromatic amines is 1. The maximum atomic E-state index is 13.0. The van der Waals surface area contributed by atoms with Crippen LogP contribution in [0.3, 0.4) is 0 Å². The Morgan fingerprint density at radius 1 is 1.13 bits per heavy atom. The van der Waals surface area contributed by atoms with E-state index in [0.717, 1.165) is 0 Å². The number of rotatable bonds is 6. The summed E-state index contributed by atoms with van der Waals surface area (Å²) in [5.41, 5.74) is 0.929. The van der Waals surface area contributed by atoms with E-state index in [2.05, 4.69) is 20.4 Å². The van der Waals surface area contributed by atoms with Crippen LogP contribution in [0.2, 0.25) is 0 Å². The lowest BCUT2D eigenvalue weighted by Crippen LogP contribution is -2.19. The van der Waals surface area contributed by atoms with Gasteiger partial charge < -0.3 is 19.2 Å². The first-order valence-electron chi connectivity index (χ1n) is 9.23. The van der Waals surface area contributed by atoms with Crippen molar-refractivity contribution in [1.29, 1.82) is 0 Å². The molecule has 0 saturated heterocycles. The van der Waals surface area contributed by atoms with E-state index in [1.807, 2.05) is 0 Å². The van der Waals surface area contributed by atoms with Crippen LogP contribution in [0.4, 0.5) is 5.82 Å². The first kappa shape index (κ1) is 20.0. The molecule has 4 rings (SSSR count). The average Bonchev–Trinajstić information content (AvgIpc) is 3.42. The number of aromatic nitrogens is 4. The third kappa shape index (κ3) is 4.17. The third-order valence-corrected chi connectivity index (χ3v) is 4.40. The number of H-pyrrole nitrogens is 1. The number of hydrogen-bond donors (Lipinski definition) is 2. The van der Waals surface area contributed by atoms with Gasteiger partial charge in [-0.2, -0.15) is 9.78 Å². The van der Waals surface area contributed by atoms with Crippen molar-refractivity contribution in [3.8, 4) is 28.9 Å². The van der Waals surface area contributed by atoms with Crippen LogP contribution in [0.5, 0.6) is 11.5 Å². The van der Waals surface area contributed by atoms with Gasteiger partial charge in [0.1, 0.15) is 23.0 Å². The van der Waals surface area contributed by atoms with Gasteiger partial charge in [0.05, 0.1) is 20.5 Å². The molecule has 2 N–H and O–H groups in total. The summed E-state index contributed by atoms with van der Waals surface area (Å²) in [6, 6.07) is 11.3. The summed E-state index contributed by atoms with van der Waals surface area (Å²) in [7, 11) is 3.00. The first-order chi connectivity index (χ1) is 15.0. The van der Waals surface area contributed by atoms with Crippen molar-refractivity contribution in [1.82, 2.24) is 19.7 Å². The molecule has 10 heteroatoms. The van der Waals surface area contributed by atoms with Gasteiger partial charge in [-0.05, 0) is 31.2 Å². The number of benzene rings is 1. The van der Waals surface area contributed by atoms with Gasteiger partial charge in [0.2, 0.25) is 5.95 Å². The van der Waals surface area contributed by atoms with E-state index < -0.39 is 5.91 Å². The van der Waals surface area contributed by atoms with Crippen LogP contribution in [0.1, 0.15) is 16.1 Å². The molecule has 0 saturated carbocycles. The van der Waals surface area contributed by atoms with Gasteiger partial charge in [0, 0.05) is 29.5 Å². The van der Waals surface area contributed by atoms with Crippen LogP contribution in [0.25, 0.3) is 17.4 Å². The minimum atomic E-state index is -0.431. The third-order valence-electron chi connectivity index (χ3n) is 4.40. The van der Waals surface area contributed by atoms with E-state index >= 15 is 0 Å². The van der Waals surface area contributed by atoms with Crippen molar-refractivity contribution in [2.45, 2.75) is 6.92 Å². The summed E-state index contributed by atoms with van der Waals surface area (Å²) in [5, 5.41) is 7.24. The average molecular weight is 421 g/mol. The van der Waals surface area contributed by atoms with Gasteiger partial charge >= 0.3 is 0 Å². The maximum Gasteiger partial charge on any atom is 0.257 e. The summed E-state index contributed by atoms with van der Waals surface area (Å²) in [6.07, 6.45) is 1.52. The number of amides is 1. The summed E-state index contributed by atoms with van der Waals surface area (Å²) in [5.74, 6) is 1.44. The van der Waals surface area contributed by atoms with Crippen molar-refractivity contribution in [3.63, 3.8) is 0 Å². The SMILES string of the molecule is COc1cc(OC)cc(C(=O)Nc2cc(-c3ccco3)nn2-c2nc(C)cc(=O)[nH]2)c1. The number of methoxy groups -OCH3 is 2. The van der Waals surface area contributed by atoms with E-state index in [1.165, 1.54) is 31.2 Å². The van der Waals surface area contributed by atoms with Gasteiger partial charge in [0.25, 0.3) is 11.5 Å². The smallest absolute Gasteiger partial charge is 0.257 e. The van der Waals surface area contributed by atoms with Gasteiger partial charge in [0.15, 0.2) is 5.76 Å². The Labute approximate surface area is 176 Å². The second-order valence-corrected chi connectivity index (χ2v) is 6.57. The lowest BCUT2D eigenvalue weighted by Gasteiger charge is -2.10. The zero-order chi connectivity index (χ0) is 22.0. The Morgan fingerprint density at radius 2 is 1.87 bits per heavy atom.